The first-order valence-electron chi connectivity index (χ1n) is 8.22. The minimum Gasteiger partial charge on any atom is -0.456 e. The molecule has 0 radical (unpaired) electrons. The van der Waals surface area contributed by atoms with Crippen molar-refractivity contribution in [3.05, 3.63) is 63.9 Å². The molecule has 0 aliphatic carbocycles. The molecule has 0 atom stereocenters. The molecule has 128 valence electrons. The van der Waals surface area contributed by atoms with Crippen LogP contribution in [0.15, 0.2) is 52.5 Å². The highest BCUT2D eigenvalue weighted by Crippen LogP contribution is 2.32. The second-order valence-corrected chi connectivity index (χ2v) is 7.24. The minimum absolute atomic E-state index is 0.505. The normalized spacial score (nSPS) is 11.8. The van der Waals surface area contributed by atoms with Crippen LogP contribution in [-0.4, -0.2) is 0 Å². The van der Waals surface area contributed by atoms with Crippen molar-refractivity contribution in [2.45, 2.75) is 46.5 Å². The van der Waals surface area contributed by atoms with E-state index < -0.39 is 0 Å². The van der Waals surface area contributed by atoms with Crippen molar-refractivity contribution in [3.63, 3.8) is 0 Å². The number of rotatable bonds is 7. The summed E-state index contributed by atoms with van der Waals surface area (Å²) < 4.78 is 5.84. The van der Waals surface area contributed by atoms with Crippen molar-refractivity contribution in [3.8, 4) is 0 Å². The monoisotopic (exact) mass is 362 g/mol. The van der Waals surface area contributed by atoms with E-state index in [0.717, 1.165) is 48.0 Å². The van der Waals surface area contributed by atoms with Crippen molar-refractivity contribution in [1.29, 1.82) is 0 Å². The number of benzene rings is 1. The molecular weight excluding hydrogens is 339 g/mol. The van der Waals surface area contributed by atoms with Gasteiger partial charge in [0.2, 0.25) is 0 Å². The largest absolute Gasteiger partial charge is 0.456 e. The third-order valence-corrected chi connectivity index (χ3v) is 4.66. The first-order chi connectivity index (χ1) is 11.4. The molecule has 0 amide bonds. The molecule has 0 bridgehead atoms. The summed E-state index contributed by atoms with van der Waals surface area (Å²) in [6.07, 6.45) is 8.64. The molecule has 1 aromatic carbocycles. The summed E-state index contributed by atoms with van der Waals surface area (Å²) in [6.45, 7) is 10.6. The summed E-state index contributed by atoms with van der Waals surface area (Å²) in [5, 5.41) is 2.00. The molecule has 1 aromatic heterocycles. The van der Waals surface area contributed by atoms with Crippen LogP contribution >= 0.6 is 23.2 Å². The van der Waals surface area contributed by atoms with E-state index in [2.05, 4.69) is 39.5 Å². The maximum atomic E-state index is 6.05. The van der Waals surface area contributed by atoms with Crippen LogP contribution in [0, 0.1) is 0 Å². The fourth-order valence-corrected chi connectivity index (χ4v) is 2.84. The Morgan fingerprint density at radius 1 is 1.00 bits per heavy atom. The summed E-state index contributed by atoms with van der Waals surface area (Å²) in [7, 11) is 0. The SMILES string of the molecule is C=C(CCC=C(C)CCC=C(C)C)c1cc2cc(Cl)c(Cl)cc2o1. The highest BCUT2D eigenvalue weighted by atomic mass is 35.5. The number of hydrogen-bond acceptors (Lipinski definition) is 1. The molecule has 0 N–H and O–H groups in total. The second kappa shape index (κ2) is 8.60. The zero-order chi connectivity index (χ0) is 17.7. The van der Waals surface area contributed by atoms with Gasteiger partial charge in [-0.3, -0.25) is 0 Å². The third kappa shape index (κ3) is 5.29. The van der Waals surface area contributed by atoms with Crippen LogP contribution in [0.2, 0.25) is 10.0 Å². The van der Waals surface area contributed by atoms with Gasteiger partial charge in [-0.05, 0) is 64.2 Å². The fraction of sp³-hybridized carbons (Fsp3) is 0.333. The Kier molecular flexibility index (Phi) is 6.77. The zero-order valence-corrected chi connectivity index (χ0v) is 16.1. The first kappa shape index (κ1) is 18.9. The summed E-state index contributed by atoms with van der Waals surface area (Å²) in [5.74, 6) is 0.805. The van der Waals surface area contributed by atoms with Crippen LogP contribution in [0.3, 0.4) is 0 Å². The molecule has 0 spiro atoms. The Bertz CT molecular complexity index is 751. The molecule has 0 unspecified atom stereocenters. The minimum atomic E-state index is 0.505. The van der Waals surface area contributed by atoms with E-state index >= 15 is 0 Å². The molecule has 0 aliphatic rings. The maximum Gasteiger partial charge on any atom is 0.136 e. The quantitative estimate of drug-likeness (QED) is 0.452. The number of fused-ring (bicyclic) bond motifs is 1. The van der Waals surface area contributed by atoms with Gasteiger partial charge < -0.3 is 4.42 Å². The molecule has 0 fully saturated rings. The smallest absolute Gasteiger partial charge is 0.136 e. The summed E-state index contributed by atoms with van der Waals surface area (Å²) in [5.41, 5.74) is 4.53. The van der Waals surface area contributed by atoms with Gasteiger partial charge in [-0.2, -0.15) is 0 Å². The van der Waals surface area contributed by atoms with Gasteiger partial charge in [-0.1, -0.05) is 53.1 Å². The third-order valence-electron chi connectivity index (χ3n) is 3.94. The topological polar surface area (TPSA) is 13.1 Å². The lowest BCUT2D eigenvalue weighted by atomic mass is 10.1. The lowest BCUT2D eigenvalue weighted by molar-refractivity contribution is 0.596. The van der Waals surface area contributed by atoms with Crippen molar-refractivity contribution in [2.75, 3.05) is 0 Å². The van der Waals surface area contributed by atoms with Crippen molar-refractivity contribution >= 4 is 39.7 Å². The van der Waals surface area contributed by atoms with E-state index in [9.17, 15) is 0 Å². The van der Waals surface area contributed by atoms with Crippen LogP contribution in [-0.2, 0) is 0 Å². The zero-order valence-electron chi connectivity index (χ0n) is 14.6. The average molecular weight is 363 g/mol. The predicted molar refractivity (Wildman–Crippen MR) is 107 cm³/mol. The van der Waals surface area contributed by atoms with Crippen LogP contribution in [0.4, 0.5) is 0 Å². The van der Waals surface area contributed by atoms with Gasteiger partial charge in [0.15, 0.2) is 0 Å². The lowest BCUT2D eigenvalue weighted by Crippen LogP contribution is -1.81. The Hall–Kier alpha value is -1.44. The molecule has 0 aliphatic heterocycles. The van der Waals surface area contributed by atoms with Crippen LogP contribution < -0.4 is 0 Å². The molecule has 2 aromatic rings. The van der Waals surface area contributed by atoms with E-state index in [1.165, 1.54) is 11.1 Å². The molecular formula is C21H24Cl2O. The highest BCUT2D eigenvalue weighted by molar-refractivity contribution is 6.42. The maximum absolute atomic E-state index is 6.05. The van der Waals surface area contributed by atoms with E-state index in [1.807, 2.05) is 12.1 Å². The van der Waals surface area contributed by atoms with Crippen LogP contribution in [0.5, 0.6) is 0 Å². The molecule has 1 nitrogen and oxygen atoms in total. The lowest BCUT2D eigenvalue weighted by Gasteiger charge is -2.02. The molecule has 1 heterocycles. The summed E-state index contributed by atoms with van der Waals surface area (Å²) in [6, 6.07) is 5.56. The molecule has 0 saturated heterocycles. The van der Waals surface area contributed by atoms with Crippen molar-refractivity contribution in [2.24, 2.45) is 0 Å². The van der Waals surface area contributed by atoms with Crippen LogP contribution in [0.1, 0.15) is 52.2 Å². The van der Waals surface area contributed by atoms with E-state index in [-0.39, 0.29) is 0 Å². The van der Waals surface area contributed by atoms with Gasteiger partial charge in [0.05, 0.1) is 10.0 Å². The molecule has 24 heavy (non-hydrogen) atoms. The Balaban J connectivity index is 1.94. The number of halogens is 2. The van der Waals surface area contributed by atoms with E-state index in [4.69, 9.17) is 27.6 Å². The highest BCUT2D eigenvalue weighted by Gasteiger charge is 2.09. The van der Waals surface area contributed by atoms with Gasteiger partial charge in [0.25, 0.3) is 0 Å². The molecule has 2 rings (SSSR count). The van der Waals surface area contributed by atoms with Gasteiger partial charge in [0, 0.05) is 11.5 Å². The predicted octanol–water partition coefficient (Wildman–Crippen LogP) is 8.23. The summed E-state index contributed by atoms with van der Waals surface area (Å²) in [4.78, 5) is 0. The first-order valence-corrected chi connectivity index (χ1v) is 8.98. The average Bonchev–Trinajstić information content (AvgIpc) is 2.90. The number of hydrogen-bond donors (Lipinski definition) is 0. The van der Waals surface area contributed by atoms with Gasteiger partial charge in [-0.15, -0.1) is 0 Å². The van der Waals surface area contributed by atoms with Crippen molar-refractivity contribution < 1.29 is 4.42 Å². The molecule has 0 saturated carbocycles. The van der Waals surface area contributed by atoms with Crippen LogP contribution in [0.25, 0.3) is 16.5 Å². The van der Waals surface area contributed by atoms with Crippen molar-refractivity contribution in [1.82, 2.24) is 0 Å². The Morgan fingerprint density at radius 3 is 2.38 bits per heavy atom. The van der Waals surface area contributed by atoms with Gasteiger partial charge in [-0.25, -0.2) is 0 Å². The number of allylic oxidation sites excluding steroid dienone is 5. The van der Waals surface area contributed by atoms with Gasteiger partial charge >= 0.3 is 0 Å². The summed E-state index contributed by atoms with van der Waals surface area (Å²) >= 11 is 12.1. The Morgan fingerprint density at radius 2 is 1.67 bits per heavy atom. The molecule has 3 heteroatoms. The standard InChI is InChI=1S/C21H24Cl2O/c1-14(2)7-5-8-15(3)9-6-10-16(4)20-12-17-11-18(22)19(23)13-21(17)24-20/h7,9,11-13H,4-6,8,10H2,1-3H3. The second-order valence-electron chi connectivity index (χ2n) is 6.43. The number of furan rings is 1. The van der Waals surface area contributed by atoms with Gasteiger partial charge in [0.1, 0.15) is 11.3 Å². The fourth-order valence-electron chi connectivity index (χ4n) is 2.52. The Labute approximate surface area is 154 Å². The van der Waals surface area contributed by atoms with E-state index in [1.54, 1.807) is 6.07 Å². The van der Waals surface area contributed by atoms with E-state index in [0.29, 0.717) is 10.0 Å².